The van der Waals surface area contributed by atoms with Gasteiger partial charge in [0.1, 0.15) is 5.75 Å². The lowest BCUT2D eigenvalue weighted by Crippen LogP contribution is -2.33. The fraction of sp³-hybridized carbons (Fsp3) is 0.417. The molecule has 0 aliphatic rings. The lowest BCUT2D eigenvalue weighted by atomic mass is 10.2. The van der Waals surface area contributed by atoms with Gasteiger partial charge in [-0.2, -0.15) is 0 Å². The van der Waals surface area contributed by atoms with Crippen molar-refractivity contribution in [2.45, 2.75) is 5.38 Å². The van der Waals surface area contributed by atoms with Crippen LogP contribution in [0.1, 0.15) is 10.4 Å². The molecule has 0 saturated carbocycles. The number of amides is 1. The molecule has 1 amide bonds. The number of phenols is 1. The quantitative estimate of drug-likeness (QED) is 0.817. The Kier molecular flexibility index (Phi) is 5.25. The van der Waals surface area contributed by atoms with Crippen LogP contribution in [-0.4, -0.2) is 48.6 Å². The maximum atomic E-state index is 11.9. The third-order valence-electron chi connectivity index (χ3n) is 2.28. The second-order valence-corrected chi connectivity index (χ2v) is 4.40. The zero-order chi connectivity index (χ0) is 12.8. The van der Waals surface area contributed by atoms with Gasteiger partial charge in [-0.25, -0.2) is 0 Å². The molecule has 1 atom stereocenters. The molecule has 0 radical (unpaired) electrons. The van der Waals surface area contributed by atoms with Gasteiger partial charge in [-0.1, -0.05) is 0 Å². The summed E-state index contributed by atoms with van der Waals surface area (Å²) in [4.78, 5) is 13.5. The highest BCUT2D eigenvalue weighted by atomic mass is 35.5. The van der Waals surface area contributed by atoms with E-state index in [1.54, 1.807) is 26.3 Å². The highest BCUT2D eigenvalue weighted by molar-refractivity contribution is 6.21. The van der Waals surface area contributed by atoms with Gasteiger partial charge < -0.3 is 14.7 Å². The van der Waals surface area contributed by atoms with Crippen molar-refractivity contribution >= 4 is 17.5 Å². The van der Waals surface area contributed by atoms with Gasteiger partial charge in [0.05, 0.1) is 12.0 Å². The van der Waals surface area contributed by atoms with Gasteiger partial charge in [-0.3, -0.25) is 4.79 Å². The van der Waals surface area contributed by atoms with E-state index in [0.717, 1.165) is 0 Å². The van der Waals surface area contributed by atoms with E-state index >= 15 is 0 Å². The van der Waals surface area contributed by atoms with Crippen LogP contribution in [0.5, 0.6) is 5.75 Å². The minimum absolute atomic E-state index is 0.133. The molecule has 5 heteroatoms. The van der Waals surface area contributed by atoms with Crippen LogP contribution >= 0.6 is 11.6 Å². The molecule has 0 saturated heterocycles. The maximum Gasteiger partial charge on any atom is 0.253 e. The average Bonchev–Trinajstić information content (AvgIpc) is 2.29. The zero-order valence-electron chi connectivity index (χ0n) is 9.89. The van der Waals surface area contributed by atoms with Gasteiger partial charge in [-0.05, 0) is 24.3 Å². The molecular weight excluding hydrogens is 242 g/mol. The largest absolute Gasteiger partial charge is 0.508 e. The third kappa shape index (κ3) is 4.24. The van der Waals surface area contributed by atoms with Crippen LogP contribution < -0.4 is 0 Å². The Morgan fingerprint density at radius 3 is 2.59 bits per heavy atom. The summed E-state index contributed by atoms with van der Waals surface area (Å²) in [7, 11) is 3.25. The molecule has 1 unspecified atom stereocenters. The van der Waals surface area contributed by atoms with Crippen LogP contribution in [0.4, 0.5) is 0 Å². The van der Waals surface area contributed by atoms with E-state index in [2.05, 4.69) is 0 Å². The molecule has 0 bridgehead atoms. The Hall–Kier alpha value is -1.26. The van der Waals surface area contributed by atoms with Crippen molar-refractivity contribution in [1.29, 1.82) is 0 Å². The molecule has 0 heterocycles. The van der Waals surface area contributed by atoms with E-state index in [0.29, 0.717) is 18.7 Å². The molecule has 94 valence electrons. The first-order chi connectivity index (χ1) is 8.04. The summed E-state index contributed by atoms with van der Waals surface area (Å²) in [5.41, 5.74) is 0.520. The number of rotatable bonds is 5. The molecular formula is C12H16ClNO3. The number of ether oxygens (including phenoxy) is 1. The molecule has 4 nitrogen and oxygen atoms in total. The number of halogens is 1. The maximum absolute atomic E-state index is 11.9. The first-order valence-corrected chi connectivity index (χ1v) is 5.65. The number of aromatic hydroxyl groups is 1. The smallest absolute Gasteiger partial charge is 0.253 e. The molecule has 17 heavy (non-hydrogen) atoms. The predicted molar refractivity (Wildman–Crippen MR) is 66.6 cm³/mol. The van der Waals surface area contributed by atoms with E-state index in [1.807, 2.05) is 0 Å². The van der Waals surface area contributed by atoms with Crippen LogP contribution in [-0.2, 0) is 4.74 Å². The summed E-state index contributed by atoms with van der Waals surface area (Å²) < 4.78 is 4.90. The Morgan fingerprint density at radius 2 is 2.06 bits per heavy atom. The lowest BCUT2D eigenvalue weighted by molar-refractivity contribution is 0.0781. The van der Waals surface area contributed by atoms with Crippen molar-refractivity contribution in [1.82, 2.24) is 4.90 Å². The normalized spacial score (nSPS) is 12.2. The Balaban J connectivity index is 2.60. The monoisotopic (exact) mass is 257 g/mol. The summed E-state index contributed by atoms with van der Waals surface area (Å²) in [5, 5.41) is 8.90. The van der Waals surface area contributed by atoms with Crippen molar-refractivity contribution in [2.24, 2.45) is 0 Å². The highest BCUT2D eigenvalue weighted by Gasteiger charge is 2.15. The molecule has 0 aromatic heterocycles. The standard InChI is InChI=1S/C12H16ClNO3/c1-14(7-10(13)8-17-2)12(16)9-3-5-11(15)6-4-9/h3-6,10,15H,7-8H2,1-2H3. The summed E-state index contributed by atoms with van der Waals surface area (Å²) >= 11 is 5.97. The number of methoxy groups -OCH3 is 1. The number of carbonyl (C=O) groups excluding carboxylic acids is 1. The van der Waals surface area contributed by atoms with Crippen LogP contribution in [0.3, 0.4) is 0 Å². The fourth-order valence-electron chi connectivity index (χ4n) is 1.44. The number of benzene rings is 1. The van der Waals surface area contributed by atoms with Crippen LogP contribution in [0.2, 0.25) is 0 Å². The average molecular weight is 258 g/mol. The molecule has 1 rings (SSSR count). The van der Waals surface area contributed by atoms with Gasteiger partial charge in [0.15, 0.2) is 0 Å². The summed E-state index contributed by atoms with van der Waals surface area (Å²) in [6, 6.07) is 6.12. The SMILES string of the molecule is COCC(Cl)CN(C)C(=O)c1ccc(O)cc1. The Labute approximate surface area is 106 Å². The molecule has 0 spiro atoms. The molecule has 1 aromatic rings. The van der Waals surface area contributed by atoms with Crippen LogP contribution in [0.25, 0.3) is 0 Å². The van der Waals surface area contributed by atoms with Crippen molar-refractivity contribution in [3.63, 3.8) is 0 Å². The van der Waals surface area contributed by atoms with E-state index in [9.17, 15) is 4.79 Å². The molecule has 0 aliphatic carbocycles. The topological polar surface area (TPSA) is 49.8 Å². The van der Waals surface area contributed by atoms with Gasteiger partial charge in [0, 0.05) is 26.3 Å². The first kappa shape index (κ1) is 13.8. The van der Waals surface area contributed by atoms with Crippen LogP contribution in [0.15, 0.2) is 24.3 Å². The van der Waals surface area contributed by atoms with E-state index in [4.69, 9.17) is 21.4 Å². The molecule has 1 aromatic carbocycles. The van der Waals surface area contributed by atoms with Gasteiger partial charge >= 0.3 is 0 Å². The summed E-state index contributed by atoms with van der Waals surface area (Å²) in [5.74, 6) is 0.00515. The Bertz CT molecular complexity index is 367. The number of carbonyl (C=O) groups is 1. The lowest BCUT2D eigenvalue weighted by Gasteiger charge is -2.20. The zero-order valence-corrected chi connectivity index (χ0v) is 10.6. The number of phenolic OH excluding ortho intramolecular Hbond substituents is 1. The minimum atomic E-state index is -0.230. The van der Waals surface area contributed by atoms with Gasteiger partial charge in [0.25, 0.3) is 5.91 Å². The summed E-state index contributed by atoms with van der Waals surface area (Å²) in [6.07, 6.45) is 0. The van der Waals surface area contributed by atoms with Gasteiger partial charge in [-0.15, -0.1) is 11.6 Å². The van der Waals surface area contributed by atoms with Gasteiger partial charge in [0.2, 0.25) is 0 Å². The Morgan fingerprint density at radius 1 is 1.47 bits per heavy atom. The van der Waals surface area contributed by atoms with Crippen molar-refractivity contribution in [3.8, 4) is 5.75 Å². The van der Waals surface area contributed by atoms with Crippen LogP contribution in [0, 0.1) is 0 Å². The summed E-state index contributed by atoms with van der Waals surface area (Å²) in [6.45, 7) is 0.809. The molecule has 0 aliphatic heterocycles. The number of alkyl halides is 1. The van der Waals surface area contributed by atoms with Crippen molar-refractivity contribution < 1.29 is 14.6 Å². The molecule has 0 fully saturated rings. The second kappa shape index (κ2) is 6.47. The predicted octanol–water partition coefficient (Wildman–Crippen LogP) is 1.72. The minimum Gasteiger partial charge on any atom is -0.508 e. The van der Waals surface area contributed by atoms with E-state index in [-0.39, 0.29) is 17.0 Å². The highest BCUT2D eigenvalue weighted by Crippen LogP contribution is 2.12. The van der Waals surface area contributed by atoms with Crippen molar-refractivity contribution in [3.05, 3.63) is 29.8 Å². The fourth-order valence-corrected chi connectivity index (χ4v) is 1.77. The first-order valence-electron chi connectivity index (χ1n) is 5.22. The number of hydrogen-bond donors (Lipinski definition) is 1. The molecule has 1 N–H and O–H groups in total. The number of hydrogen-bond acceptors (Lipinski definition) is 3. The van der Waals surface area contributed by atoms with E-state index in [1.165, 1.54) is 17.0 Å². The third-order valence-corrected chi connectivity index (χ3v) is 2.54. The second-order valence-electron chi connectivity index (χ2n) is 3.79. The van der Waals surface area contributed by atoms with E-state index < -0.39 is 0 Å². The number of nitrogens with zero attached hydrogens (tertiary/aromatic N) is 1. The van der Waals surface area contributed by atoms with Crippen molar-refractivity contribution in [2.75, 3.05) is 27.3 Å².